The van der Waals surface area contributed by atoms with E-state index in [0.29, 0.717) is 24.0 Å². The first kappa shape index (κ1) is 77.3. The minimum Gasteiger partial charge on any atom is -0.508 e. The molecule has 2 aromatic carbocycles. The van der Waals surface area contributed by atoms with Gasteiger partial charge in [-0.2, -0.15) is 0 Å². The fourth-order valence-electron chi connectivity index (χ4n) is 9.94. The van der Waals surface area contributed by atoms with Crippen LogP contribution in [-0.2, 0) is 65.6 Å². The van der Waals surface area contributed by atoms with Crippen molar-refractivity contribution in [2.24, 2.45) is 66.8 Å². The van der Waals surface area contributed by atoms with E-state index in [0.717, 1.165) is 21.6 Å². The number of hydrogen-bond donors (Lipinski definition) is 18. The lowest BCUT2D eigenvalue weighted by molar-refractivity contribution is -0.142. The topological polar surface area (TPSA) is 565 Å². The Morgan fingerprint density at radius 3 is 1.76 bits per heavy atom. The Bertz CT molecular complexity index is 3020. The maximum absolute atomic E-state index is 15.3. The van der Waals surface area contributed by atoms with E-state index in [9.17, 15) is 53.1 Å². The van der Waals surface area contributed by atoms with Crippen LogP contribution in [0.15, 0.2) is 69.6 Å². The first-order valence-corrected chi connectivity index (χ1v) is 33.1. The average molecular weight is 1350 g/mol. The quantitative estimate of drug-likeness (QED) is 0.0172. The summed E-state index contributed by atoms with van der Waals surface area (Å²) in [4.78, 5) is 169. The van der Waals surface area contributed by atoms with Crippen LogP contribution in [0.4, 0.5) is 0 Å². The van der Waals surface area contributed by atoms with E-state index in [1.54, 1.807) is 70.2 Å². The van der Waals surface area contributed by atoms with Gasteiger partial charge in [0.1, 0.15) is 54.1 Å². The van der Waals surface area contributed by atoms with Crippen LogP contribution in [0.1, 0.15) is 96.6 Å². The van der Waals surface area contributed by atoms with Crippen LogP contribution in [0.2, 0.25) is 0 Å². The Balaban J connectivity index is 1.78. The van der Waals surface area contributed by atoms with Gasteiger partial charge in [0.05, 0.1) is 19.1 Å². The molecule has 2 aromatic rings. The van der Waals surface area contributed by atoms with Crippen LogP contribution in [0.3, 0.4) is 0 Å². The van der Waals surface area contributed by atoms with E-state index < -0.39 is 143 Å². The van der Waals surface area contributed by atoms with Gasteiger partial charge in [-0.05, 0) is 101 Å². The smallest absolute Gasteiger partial charge is 0.245 e. The van der Waals surface area contributed by atoms with Crippen LogP contribution in [0.5, 0.6) is 5.75 Å². The molecule has 2 fully saturated rings. The molecular formula is C59H93N21O12S2. The summed E-state index contributed by atoms with van der Waals surface area (Å²) < 4.78 is -1.46. The van der Waals surface area contributed by atoms with Crippen LogP contribution in [0.25, 0.3) is 0 Å². The molecule has 0 aromatic heterocycles. The fraction of sp³-hybridized carbons (Fsp3) is 0.559. The van der Waals surface area contributed by atoms with Gasteiger partial charge in [0.25, 0.3) is 0 Å². The Morgan fingerprint density at radius 1 is 0.660 bits per heavy atom. The van der Waals surface area contributed by atoms with Crippen LogP contribution in [0, 0.1) is 5.92 Å². The Morgan fingerprint density at radius 2 is 1.19 bits per heavy atom. The number of primary amides is 1. The van der Waals surface area contributed by atoms with E-state index in [1.165, 1.54) is 17.0 Å². The Hall–Kier alpha value is -9.12. The van der Waals surface area contributed by atoms with Gasteiger partial charge in [-0.3, -0.25) is 67.7 Å². The maximum Gasteiger partial charge on any atom is 0.245 e. The zero-order chi connectivity index (χ0) is 69.7. The number of benzene rings is 2. The van der Waals surface area contributed by atoms with Crippen molar-refractivity contribution in [3.05, 3.63) is 65.7 Å². The summed E-state index contributed by atoms with van der Waals surface area (Å²) in [6.07, 6.45) is 0.818. The predicted molar refractivity (Wildman–Crippen MR) is 357 cm³/mol. The molecule has 0 bridgehead atoms. The molecule has 4 rings (SSSR count). The lowest BCUT2D eigenvalue weighted by Gasteiger charge is -2.35. The SMILES string of the molecule is CC[C@H](C)[C@@H]1NC(=O)C(CCCN=C(N)N)NC(=O)C(CCCN=C(N)N)NC(=O)[C@H](NC(=O)[C@H](Cc2ccccc2)NC(=O)CNC(=O)CNC(=O)[C@@H](N)Cc2ccc(O)cc2)C(C)(C)SSC[C@H](C(N)=O)NC(=O)[C@@H]2CCCN2C(=O)[C@H](CCCN=C(N)N)NC1=O. The number of rotatable bonds is 27. The van der Waals surface area contributed by atoms with E-state index in [-0.39, 0.29) is 113 Å². The molecule has 2 unspecified atom stereocenters. The number of hydrogen-bond acceptors (Lipinski definition) is 18. The molecule has 2 saturated heterocycles. The molecule has 11 amide bonds. The van der Waals surface area contributed by atoms with Gasteiger partial charge >= 0.3 is 0 Å². The van der Waals surface area contributed by atoms with Crippen LogP contribution >= 0.6 is 21.6 Å². The molecule has 0 saturated carbocycles. The molecule has 10 atom stereocenters. The van der Waals surface area contributed by atoms with Crippen LogP contribution < -0.4 is 93.7 Å². The van der Waals surface area contributed by atoms with Gasteiger partial charge in [-0.1, -0.05) is 84.3 Å². The molecule has 35 heteroatoms. The second-order valence-electron chi connectivity index (χ2n) is 23.2. The summed E-state index contributed by atoms with van der Waals surface area (Å²) >= 11 is 0. The molecule has 0 radical (unpaired) electrons. The molecule has 26 N–H and O–H groups in total. The number of carbonyl (C=O) groups is 11. The molecule has 0 spiro atoms. The van der Waals surface area contributed by atoms with Crippen LogP contribution in [-0.4, -0.2) is 197 Å². The largest absolute Gasteiger partial charge is 0.508 e. The first-order chi connectivity index (χ1) is 44.5. The molecule has 33 nitrogen and oxygen atoms in total. The highest BCUT2D eigenvalue weighted by Gasteiger charge is 2.43. The zero-order valence-electron chi connectivity index (χ0n) is 53.4. The number of nitrogens with one attached hydrogen (secondary N) is 9. The molecule has 94 heavy (non-hydrogen) atoms. The van der Waals surface area contributed by atoms with E-state index in [4.69, 9.17) is 45.9 Å². The van der Waals surface area contributed by atoms with Gasteiger partial charge in [0, 0.05) is 43.1 Å². The van der Waals surface area contributed by atoms with Gasteiger partial charge in [0.15, 0.2) is 17.9 Å². The highest BCUT2D eigenvalue weighted by atomic mass is 33.1. The summed E-state index contributed by atoms with van der Waals surface area (Å²) in [6, 6.07) is 2.28. The molecule has 2 aliphatic rings. The van der Waals surface area contributed by atoms with Crippen molar-refractivity contribution >= 4 is 104 Å². The van der Waals surface area contributed by atoms with E-state index in [2.05, 4.69) is 62.8 Å². The second kappa shape index (κ2) is 38.8. The van der Waals surface area contributed by atoms with Gasteiger partial charge in [-0.25, -0.2) is 0 Å². The summed E-state index contributed by atoms with van der Waals surface area (Å²) in [7, 11) is 1.96. The number of guanidine groups is 3. The molecular weight excluding hydrogens is 1260 g/mol. The third-order valence-corrected chi connectivity index (χ3v) is 18.6. The molecule has 518 valence electrons. The summed E-state index contributed by atoms with van der Waals surface area (Å²) in [6.45, 7) is 5.47. The third-order valence-electron chi connectivity index (χ3n) is 15.3. The molecule has 2 heterocycles. The molecule has 2 aliphatic heterocycles. The van der Waals surface area contributed by atoms with Gasteiger partial charge in [0.2, 0.25) is 65.0 Å². The number of phenols is 1. The minimum absolute atomic E-state index is 0.00159. The van der Waals surface area contributed by atoms with E-state index >= 15 is 4.79 Å². The number of phenolic OH excluding ortho intramolecular Hbond substituents is 1. The van der Waals surface area contributed by atoms with Crippen molar-refractivity contribution < 1.29 is 57.8 Å². The number of fused-ring (bicyclic) bond motifs is 1. The van der Waals surface area contributed by atoms with Crippen molar-refractivity contribution in [3.8, 4) is 5.75 Å². The summed E-state index contributed by atoms with van der Waals surface area (Å²) in [5.41, 5.74) is 46.8. The predicted octanol–water partition coefficient (Wildman–Crippen LogP) is -5.01. The molecule has 0 aliphatic carbocycles. The minimum atomic E-state index is -1.65. The average Bonchev–Trinajstić information content (AvgIpc) is 1.73. The highest BCUT2D eigenvalue weighted by Crippen LogP contribution is 2.39. The lowest BCUT2D eigenvalue weighted by Crippen LogP contribution is -2.63. The number of nitrogens with zero attached hydrogens (tertiary/aromatic N) is 4. The second-order valence-corrected chi connectivity index (χ2v) is 26.2. The number of aliphatic imine (C=N–C) groups is 3. The first-order valence-electron chi connectivity index (χ1n) is 30.8. The third kappa shape index (κ3) is 26.5. The summed E-state index contributed by atoms with van der Waals surface area (Å²) in [5.74, 6) is -10.6. The van der Waals surface area contributed by atoms with Gasteiger partial charge in [-0.15, -0.1) is 0 Å². The Kier molecular flexibility index (Phi) is 31.9. The maximum atomic E-state index is 15.3. The number of nitrogens with two attached hydrogens (primary N) is 8. The van der Waals surface area contributed by atoms with Crippen molar-refractivity contribution in [2.75, 3.05) is 45.0 Å². The van der Waals surface area contributed by atoms with Crippen molar-refractivity contribution in [1.29, 1.82) is 0 Å². The number of amides is 11. The fourth-order valence-corrected chi connectivity index (χ4v) is 12.8. The number of aromatic hydroxyl groups is 1. The highest BCUT2D eigenvalue weighted by molar-refractivity contribution is 8.77. The normalized spacial score (nSPS) is 21.7. The lowest BCUT2D eigenvalue weighted by atomic mass is 9.96. The van der Waals surface area contributed by atoms with E-state index in [1.807, 2.05) is 0 Å². The van der Waals surface area contributed by atoms with Crippen molar-refractivity contribution in [2.45, 2.75) is 157 Å². The standard InChI is InChI=1S/C59H93N21O12S2/c1-5-32(2)45-53(90)76-39(17-11-25-70-58(66)67)55(92)80-26-12-18-42(80)52(89)77-41(47(61)84)31-93-94-59(3,4)46(54(91)75-37(15-9-23-68-56(62)63)49(86)74-38(50(87)78-45)16-10-24-69-57(64)65)79-51(88)40(28-33-13-7-6-8-14-33)73-44(83)30-71-43(82)29-72-48(85)36(60)27-34-19-21-35(81)22-20-34/h6-8,13-14,19-22,32,36-42,45-46,81H,5,9-12,15-18,23-31,60H2,1-4H3,(H2,61,84)(H,71,82)(H,72,85)(H,73,83)(H,74,86)(H,75,91)(H,76,90)(H,77,89)(H,78,87)(H,79,88)(H4,62,63,68)(H4,64,65,69)(H4,66,67,70)/t32-,36-,37?,38?,39-,40-,41+,42-,45-,46-/m0/s1. The van der Waals surface area contributed by atoms with Crippen molar-refractivity contribution in [3.63, 3.8) is 0 Å². The number of carbonyl (C=O) groups excluding carboxylic acids is 11. The zero-order valence-corrected chi connectivity index (χ0v) is 55.0. The van der Waals surface area contributed by atoms with Crippen molar-refractivity contribution in [1.82, 2.24) is 52.8 Å². The Labute approximate surface area is 553 Å². The monoisotopic (exact) mass is 1350 g/mol. The summed E-state index contributed by atoms with van der Waals surface area (Å²) in [5, 5.41) is 33.5. The van der Waals surface area contributed by atoms with Gasteiger partial charge < -0.3 is 104 Å².